The predicted molar refractivity (Wildman–Crippen MR) is 65.3 cm³/mol. The quantitative estimate of drug-likeness (QED) is 0.522. The summed E-state index contributed by atoms with van der Waals surface area (Å²) in [7, 11) is 1.54. The third kappa shape index (κ3) is 3.38. The standard InChI is InChI=1S/C11H17FN4O2/c1-7(17)4-6-16(2)11(18)8-3-5-14-10(15-13)9(8)12/h3,5,7,17H,4,6,13H2,1-2H3,(H,14,15). The van der Waals surface area contributed by atoms with E-state index in [2.05, 4.69) is 10.4 Å². The van der Waals surface area contributed by atoms with Gasteiger partial charge in [-0.2, -0.15) is 0 Å². The van der Waals surface area contributed by atoms with Gasteiger partial charge in [0.15, 0.2) is 11.6 Å². The molecular weight excluding hydrogens is 239 g/mol. The summed E-state index contributed by atoms with van der Waals surface area (Å²) in [6.45, 7) is 1.96. The zero-order valence-electron chi connectivity index (χ0n) is 10.4. The van der Waals surface area contributed by atoms with E-state index in [4.69, 9.17) is 10.9 Å². The molecule has 1 aromatic heterocycles. The van der Waals surface area contributed by atoms with Crippen LogP contribution in [0.5, 0.6) is 0 Å². The number of hydrazine groups is 1. The van der Waals surface area contributed by atoms with Gasteiger partial charge in [0, 0.05) is 19.8 Å². The molecule has 6 nitrogen and oxygen atoms in total. The molecule has 0 saturated carbocycles. The van der Waals surface area contributed by atoms with Crippen LogP contribution >= 0.6 is 0 Å². The molecule has 0 aliphatic carbocycles. The van der Waals surface area contributed by atoms with E-state index in [0.717, 1.165) is 0 Å². The topological polar surface area (TPSA) is 91.5 Å². The Balaban J connectivity index is 2.83. The maximum Gasteiger partial charge on any atom is 0.256 e. The fourth-order valence-corrected chi connectivity index (χ4v) is 1.40. The number of carbonyl (C=O) groups excluding carboxylic acids is 1. The van der Waals surface area contributed by atoms with Gasteiger partial charge in [0.05, 0.1) is 11.7 Å². The van der Waals surface area contributed by atoms with Crippen molar-refractivity contribution in [1.82, 2.24) is 9.88 Å². The van der Waals surface area contributed by atoms with Gasteiger partial charge in [-0.3, -0.25) is 4.79 Å². The highest BCUT2D eigenvalue weighted by Gasteiger charge is 2.19. The number of nitrogens with two attached hydrogens (primary N) is 1. The number of hydrogen-bond donors (Lipinski definition) is 3. The molecule has 7 heteroatoms. The van der Waals surface area contributed by atoms with Crippen LogP contribution in [0.4, 0.5) is 10.2 Å². The number of nitrogens with one attached hydrogen (secondary N) is 1. The molecule has 0 aromatic carbocycles. The fraction of sp³-hybridized carbons (Fsp3) is 0.455. The van der Waals surface area contributed by atoms with Crippen LogP contribution in [0.25, 0.3) is 0 Å². The first-order valence-corrected chi connectivity index (χ1v) is 5.52. The highest BCUT2D eigenvalue weighted by molar-refractivity contribution is 5.95. The van der Waals surface area contributed by atoms with Crippen molar-refractivity contribution in [3.05, 3.63) is 23.6 Å². The van der Waals surface area contributed by atoms with E-state index >= 15 is 0 Å². The summed E-state index contributed by atoms with van der Waals surface area (Å²) in [6, 6.07) is 1.29. The summed E-state index contributed by atoms with van der Waals surface area (Å²) in [5.74, 6) is 3.64. The maximum absolute atomic E-state index is 13.8. The van der Waals surface area contributed by atoms with Crippen LogP contribution in [0.3, 0.4) is 0 Å². The molecule has 0 radical (unpaired) electrons. The molecule has 0 aliphatic rings. The number of rotatable bonds is 5. The molecule has 0 bridgehead atoms. The summed E-state index contributed by atoms with van der Waals surface area (Å²) < 4.78 is 13.8. The third-order valence-corrected chi connectivity index (χ3v) is 2.49. The van der Waals surface area contributed by atoms with Crippen molar-refractivity contribution < 1.29 is 14.3 Å². The Morgan fingerprint density at radius 2 is 2.39 bits per heavy atom. The Labute approximate surface area is 105 Å². The summed E-state index contributed by atoms with van der Waals surface area (Å²) >= 11 is 0. The SMILES string of the molecule is CC(O)CCN(C)C(=O)c1ccnc(NN)c1F. The van der Waals surface area contributed by atoms with E-state index in [9.17, 15) is 9.18 Å². The van der Waals surface area contributed by atoms with Crippen LogP contribution < -0.4 is 11.3 Å². The lowest BCUT2D eigenvalue weighted by atomic mass is 10.2. The number of halogens is 1. The minimum Gasteiger partial charge on any atom is -0.393 e. The molecule has 1 aromatic rings. The van der Waals surface area contributed by atoms with Crippen molar-refractivity contribution in [3.8, 4) is 0 Å². The predicted octanol–water partition coefficient (Wildman–Crippen LogP) is 0.349. The van der Waals surface area contributed by atoms with Gasteiger partial charge in [0.25, 0.3) is 5.91 Å². The van der Waals surface area contributed by atoms with Gasteiger partial charge < -0.3 is 15.4 Å². The summed E-state index contributed by atoms with van der Waals surface area (Å²) in [5, 5.41) is 9.14. The lowest BCUT2D eigenvalue weighted by molar-refractivity contribution is 0.0764. The van der Waals surface area contributed by atoms with Crippen molar-refractivity contribution in [1.29, 1.82) is 0 Å². The first kappa shape index (κ1) is 14.3. The van der Waals surface area contributed by atoms with Gasteiger partial charge in [0.2, 0.25) is 0 Å². The number of anilines is 1. The molecule has 0 fully saturated rings. The molecule has 4 N–H and O–H groups in total. The zero-order valence-corrected chi connectivity index (χ0v) is 10.4. The normalized spacial score (nSPS) is 12.1. The summed E-state index contributed by atoms with van der Waals surface area (Å²) in [5.41, 5.74) is 1.98. The molecule has 18 heavy (non-hydrogen) atoms. The molecule has 100 valence electrons. The van der Waals surface area contributed by atoms with Gasteiger partial charge in [-0.1, -0.05) is 0 Å². The summed E-state index contributed by atoms with van der Waals surface area (Å²) in [6.07, 6.45) is 1.22. The molecular formula is C11H17FN4O2. The van der Waals surface area contributed by atoms with Crippen LogP contribution in [0.2, 0.25) is 0 Å². The maximum atomic E-state index is 13.8. The highest BCUT2D eigenvalue weighted by Crippen LogP contribution is 2.15. The van der Waals surface area contributed by atoms with Gasteiger partial charge in [-0.05, 0) is 19.4 Å². The number of aliphatic hydroxyl groups is 1. The largest absolute Gasteiger partial charge is 0.393 e. The van der Waals surface area contributed by atoms with E-state index < -0.39 is 17.8 Å². The van der Waals surface area contributed by atoms with Crippen molar-refractivity contribution in [3.63, 3.8) is 0 Å². The number of carbonyl (C=O) groups is 1. The zero-order chi connectivity index (χ0) is 13.7. The Morgan fingerprint density at radius 1 is 1.72 bits per heavy atom. The van der Waals surface area contributed by atoms with Crippen molar-refractivity contribution in [2.45, 2.75) is 19.4 Å². The van der Waals surface area contributed by atoms with E-state index in [-0.39, 0.29) is 11.4 Å². The number of pyridine rings is 1. The highest BCUT2D eigenvalue weighted by atomic mass is 19.1. The molecule has 0 saturated heterocycles. The molecule has 0 spiro atoms. The average molecular weight is 256 g/mol. The van der Waals surface area contributed by atoms with Gasteiger partial charge in [0.1, 0.15) is 0 Å². The van der Waals surface area contributed by atoms with Crippen LogP contribution in [0.15, 0.2) is 12.3 Å². The molecule has 1 heterocycles. The van der Waals surface area contributed by atoms with Crippen molar-refractivity contribution in [2.24, 2.45) is 5.84 Å². The monoisotopic (exact) mass is 256 g/mol. The first-order chi connectivity index (χ1) is 8.47. The van der Waals surface area contributed by atoms with Gasteiger partial charge in [-0.25, -0.2) is 15.2 Å². The van der Waals surface area contributed by atoms with E-state index in [0.29, 0.717) is 13.0 Å². The number of nitrogens with zero attached hydrogens (tertiary/aromatic N) is 2. The number of hydrogen-bond acceptors (Lipinski definition) is 5. The average Bonchev–Trinajstić information content (AvgIpc) is 2.35. The molecule has 1 unspecified atom stereocenters. The molecule has 0 aliphatic heterocycles. The number of aliphatic hydroxyl groups excluding tert-OH is 1. The second kappa shape index (κ2) is 6.27. The second-order valence-electron chi connectivity index (χ2n) is 4.03. The molecule has 1 atom stereocenters. The fourth-order valence-electron chi connectivity index (χ4n) is 1.40. The van der Waals surface area contributed by atoms with Gasteiger partial charge in [-0.15, -0.1) is 0 Å². The van der Waals surface area contributed by atoms with E-state index in [1.807, 2.05) is 0 Å². The molecule has 1 rings (SSSR count). The number of amides is 1. The van der Waals surface area contributed by atoms with E-state index in [1.54, 1.807) is 14.0 Å². The van der Waals surface area contributed by atoms with Crippen LogP contribution in [-0.2, 0) is 0 Å². The Kier molecular flexibility index (Phi) is 4.99. The Bertz CT molecular complexity index is 426. The second-order valence-corrected chi connectivity index (χ2v) is 4.03. The minimum atomic E-state index is -0.783. The summed E-state index contributed by atoms with van der Waals surface area (Å²) in [4.78, 5) is 16.9. The third-order valence-electron chi connectivity index (χ3n) is 2.49. The minimum absolute atomic E-state index is 0.106. The number of aromatic nitrogens is 1. The Hall–Kier alpha value is -1.73. The number of nitrogen functional groups attached to an aromatic ring is 1. The van der Waals surface area contributed by atoms with Gasteiger partial charge >= 0.3 is 0 Å². The van der Waals surface area contributed by atoms with Crippen LogP contribution in [-0.4, -0.2) is 40.6 Å². The van der Waals surface area contributed by atoms with Crippen molar-refractivity contribution in [2.75, 3.05) is 19.0 Å². The lowest BCUT2D eigenvalue weighted by Gasteiger charge is -2.18. The van der Waals surface area contributed by atoms with Crippen LogP contribution in [0, 0.1) is 5.82 Å². The van der Waals surface area contributed by atoms with Crippen LogP contribution in [0.1, 0.15) is 23.7 Å². The first-order valence-electron chi connectivity index (χ1n) is 5.52. The molecule has 1 amide bonds. The lowest BCUT2D eigenvalue weighted by Crippen LogP contribution is -2.30. The Morgan fingerprint density at radius 3 is 2.94 bits per heavy atom. The van der Waals surface area contributed by atoms with E-state index in [1.165, 1.54) is 17.2 Å². The van der Waals surface area contributed by atoms with Crippen molar-refractivity contribution >= 4 is 11.7 Å². The smallest absolute Gasteiger partial charge is 0.256 e.